The maximum Gasteiger partial charge on any atom is 0.107 e. The van der Waals surface area contributed by atoms with Crippen molar-refractivity contribution in [2.24, 2.45) is 0 Å². The normalized spacial score (nSPS) is 11.5. The minimum absolute atomic E-state index is 0.309. The smallest absolute Gasteiger partial charge is 0.107 e. The molecule has 0 atom stereocenters. The van der Waals surface area contributed by atoms with Gasteiger partial charge in [-0.1, -0.05) is 96.3 Å². The number of rotatable bonds is 49. The van der Waals surface area contributed by atoms with Crippen LogP contribution >= 0.6 is 0 Å². The van der Waals surface area contributed by atoms with Crippen LogP contribution in [0.15, 0.2) is 0 Å². The molecule has 0 radical (unpaired) electrons. The highest BCUT2D eigenvalue weighted by Crippen LogP contribution is 2.13. The number of hydrogen-bond acceptors (Lipinski definition) is 12. The van der Waals surface area contributed by atoms with Crippen LogP contribution in [0.2, 0.25) is 0 Å². The van der Waals surface area contributed by atoms with E-state index < -0.39 is 0 Å². The molecule has 0 aromatic heterocycles. The van der Waals surface area contributed by atoms with Crippen molar-refractivity contribution in [1.29, 1.82) is 0 Å². The molecule has 0 saturated carbocycles. The molecule has 53 heavy (non-hydrogen) atoms. The summed E-state index contributed by atoms with van der Waals surface area (Å²) < 4.78 is 65.6. The summed E-state index contributed by atoms with van der Waals surface area (Å²) >= 11 is 0. The highest BCUT2D eigenvalue weighted by atomic mass is 16.6. The Balaban J connectivity index is 3.05. The van der Waals surface area contributed by atoms with E-state index in [0.29, 0.717) is 152 Å². The number of ether oxygens (including phenoxy) is 12. The molecule has 0 aliphatic heterocycles. The van der Waals surface area contributed by atoms with Crippen LogP contribution in [0.1, 0.15) is 96.8 Å². The Kier molecular flexibility index (Phi) is 50.2. The summed E-state index contributed by atoms with van der Waals surface area (Å²) in [5.41, 5.74) is 0. The maximum absolute atomic E-state index is 5.68. The predicted octanol–water partition coefficient (Wildman–Crippen LogP) is 6.30. The van der Waals surface area contributed by atoms with E-state index in [9.17, 15) is 0 Å². The molecular weight excluding hydrogens is 684 g/mol. The predicted molar refractivity (Wildman–Crippen MR) is 209 cm³/mol. The van der Waals surface area contributed by atoms with Crippen LogP contribution in [-0.2, 0) is 56.8 Å². The van der Waals surface area contributed by atoms with Gasteiger partial charge in [-0.25, -0.2) is 0 Å². The van der Waals surface area contributed by atoms with Gasteiger partial charge >= 0.3 is 0 Å². The Morgan fingerprint density at radius 2 is 0.434 bits per heavy atom. The first-order valence-corrected chi connectivity index (χ1v) is 20.8. The molecule has 0 aromatic rings. The number of terminal acetylenes is 1. The van der Waals surface area contributed by atoms with E-state index in [-0.39, 0.29) is 0 Å². The summed E-state index contributed by atoms with van der Waals surface area (Å²) in [6, 6.07) is 0. The molecule has 12 heteroatoms. The third-order valence-electron chi connectivity index (χ3n) is 7.92. The zero-order valence-corrected chi connectivity index (χ0v) is 33.8. The Morgan fingerprint density at radius 3 is 0.660 bits per heavy atom. The van der Waals surface area contributed by atoms with Gasteiger partial charge in [-0.2, -0.15) is 0 Å². The lowest BCUT2D eigenvalue weighted by Gasteiger charge is -2.09. The lowest BCUT2D eigenvalue weighted by Crippen LogP contribution is -2.15. The molecule has 0 unspecified atom stereocenters. The summed E-state index contributed by atoms with van der Waals surface area (Å²) in [6.45, 7) is 15.1. The highest BCUT2D eigenvalue weighted by molar-refractivity contribution is 4.82. The van der Waals surface area contributed by atoms with Crippen molar-refractivity contribution in [3.63, 3.8) is 0 Å². The lowest BCUT2D eigenvalue weighted by atomic mass is 10.0. The van der Waals surface area contributed by atoms with Gasteiger partial charge in [0.15, 0.2) is 0 Å². The number of hydrogen-bond donors (Lipinski definition) is 0. The van der Waals surface area contributed by atoms with E-state index in [0.717, 1.165) is 13.0 Å². The standard InChI is InChI=1S/C41H80O12/c1-3-5-6-7-8-9-10-11-12-13-14-15-16-17-19-43-21-23-45-25-27-47-29-31-49-33-35-51-37-39-53-41-40-52-38-36-50-34-32-48-30-28-46-26-24-44-22-20-42-18-4-2/h2H,3,5-41H2,1H3. The molecule has 0 fully saturated rings. The van der Waals surface area contributed by atoms with Crippen LogP contribution in [0.5, 0.6) is 0 Å². The fourth-order valence-corrected chi connectivity index (χ4v) is 4.95. The van der Waals surface area contributed by atoms with Crippen LogP contribution in [0.25, 0.3) is 0 Å². The molecule has 0 N–H and O–H groups in total. The first-order valence-electron chi connectivity index (χ1n) is 20.8. The van der Waals surface area contributed by atoms with E-state index in [2.05, 4.69) is 12.8 Å². The van der Waals surface area contributed by atoms with Gasteiger partial charge in [0.2, 0.25) is 0 Å². The molecule has 0 aromatic carbocycles. The van der Waals surface area contributed by atoms with Crippen LogP contribution in [0.4, 0.5) is 0 Å². The SMILES string of the molecule is C#CCOCCOCCOCCOCCOCCOCCOCCOCCOCCOCCOCCOCCCCCCCCCCCCCCCC. The molecule has 0 heterocycles. The monoisotopic (exact) mass is 765 g/mol. The second kappa shape index (κ2) is 51.1. The van der Waals surface area contributed by atoms with Crippen LogP contribution in [-0.4, -0.2) is 159 Å². The Labute approximate surface area is 324 Å². The molecule has 0 spiro atoms. The molecule has 0 bridgehead atoms. The van der Waals surface area contributed by atoms with Crippen molar-refractivity contribution >= 4 is 0 Å². The largest absolute Gasteiger partial charge is 0.379 e. The van der Waals surface area contributed by atoms with Gasteiger partial charge in [0.25, 0.3) is 0 Å². The van der Waals surface area contributed by atoms with Crippen molar-refractivity contribution < 1.29 is 56.8 Å². The third kappa shape index (κ3) is 51.1. The lowest BCUT2D eigenvalue weighted by molar-refractivity contribution is -0.0281. The average Bonchev–Trinajstić information content (AvgIpc) is 3.17. The Hall–Kier alpha value is -0.920. The summed E-state index contributed by atoms with van der Waals surface area (Å²) in [7, 11) is 0. The minimum Gasteiger partial charge on any atom is -0.379 e. The molecule has 0 aliphatic rings. The molecular formula is C41H80O12. The van der Waals surface area contributed by atoms with Gasteiger partial charge in [0.05, 0.1) is 145 Å². The van der Waals surface area contributed by atoms with Crippen molar-refractivity contribution in [2.75, 3.05) is 159 Å². The minimum atomic E-state index is 0.309. The van der Waals surface area contributed by atoms with E-state index >= 15 is 0 Å². The molecule has 316 valence electrons. The molecule has 12 nitrogen and oxygen atoms in total. The Morgan fingerprint density at radius 1 is 0.245 bits per heavy atom. The molecule has 0 saturated heterocycles. The van der Waals surface area contributed by atoms with Gasteiger partial charge in [-0.3, -0.25) is 0 Å². The zero-order chi connectivity index (χ0) is 38.1. The van der Waals surface area contributed by atoms with Crippen molar-refractivity contribution in [1.82, 2.24) is 0 Å². The quantitative estimate of drug-likeness (QED) is 0.0513. The van der Waals surface area contributed by atoms with Crippen LogP contribution in [0.3, 0.4) is 0 Å². The van der Waals surface area contributed by atoms with Gasteiger partial charge in [0, 0.05) is 6.61 Å². The van der Waals surface area contributed by atoms with Crippen molar-refractivity contribution in [3.8, 4) is 12.3 Å². The number of unbranched alkanes of at least 4 members (excludes halogenated alkanes) is 13. The van der Waals surface area contributed by atoms with Crippen molar-refractivity contribution in [2.45, 2.75) is 96.8 Å². The fraction of sp³-hybridized carbons (Fsp3) is 0.951. The average molecular weight is 765 g/mol. The van der Waals surface area contributed by atoms with Gasteiger partial charge in [-0.05, 0) is 6.42 Å². The second-order valence-electron chi connectivity index (χ2n) is 12.6. The summed E-state index contributed by atoms with van der Waals surface area (Å²) in [5, 5.41) is 0. The highest BCUT2D eigenvalue weighted by Gasteiger charge is 1.98. The topological polar surface area (TPSA) is 111 Å². The van der Waals surface area contributed by atoms with E-state index in [1.165, 1.54) is 83.5 Å². The van der Waals surface area contributed by atoms with Gasteiger partial charge in [-0.15, -0.1) is 6.42 Å². The van der Waals surface area contributed by atoms with Gasteiger partial charge < -0.3 is 56.8 Å². The Bertz CT molecular complexity index is 682. The van der Waals surface area contributed by atoms with E-state index in [1.54, 1.807) is 0 Å². The first-order chi connectivity index (χ1) is 26.4. The summed E-state index contributed by atoms with van der Waals surface area (Å²) in [6.07, 6.45) is 24.3. The molecule has 0 amide bonds. The van der Waals surface area contributed by atoms with Crippen molar-refractivity contribution in [3.05, 3.63) is 0 Å². The van der Waals surface area contributed by atoms with E-state index in [4.69, 9.17) is 63.3 Å². The van der Waals surface area contributed by atoms with Crippen LogP contribution < -0.4 is 0 Å². The fourth-order valence-electron chi connectivity index (χ4n) is 4.95. The molecule has 0 rings (SSSR count). The van der Waals surface area contributed by atoms with E-state index in [1.807, 2.05) is 0 Å². The van der Waals surface area contributed by atoms with Crippen LogP contribution in [0, 0.1) is 12.3 Å². The summed E-state index contributed by atoms with van der Waals surface area (Å²) in [4.78, 5) is 0. The third-order valence-corrected chi connectivity index (χ3v) is 7.92. The summed E-state index contributed by atoms with van der Waals surface area (Å²) in [5.74, 6) is 2.40. The molecule has 0 aliphatic carbocycles. The maximum atomic E-state index is 5.68. The van der Waals surface area contributed by atoms with Gasteiger partial charge in [0.1, 0.15) is 6.61 Å². The second-order valence-corrected chi connectivity index (χ2v) is 12.6. The first kappa shape index (κ1) is 52.1. The zero-order valence-electron chi connectivity index (χ0n) is 33.8.